The van der Waals surface area contributed by atoms with E-state index < -0.39 is 0 Å². The molecule has 2 aromatic rings. The van der Waals surface area contributed by atoms with Gasteiger partial charge in [0.1, 0.15) is 17.2 Å². The van der Waals surface area contributed by atoms with Crippen LogP contribution in [-0.2, 0) is 16.1 Å². The van der Waals surface area contributed by atoms with Gasteiger partial charge in [0.2, 0.25) is 5.91 Å². The predicted octanol–water partition coefficient (Wildman–Crippen LogP) is 2.12. The molecule has 0 bridgehead atoms. The Morgan fingerprint density at radius 3 is 2.71 bits per heavy atom. The van der Waals surface area contributed by atoms with E-state index in [1.165, 1.54) is 9.91 Å². The number of hydrogen-bond donors (Lipinski definition) is 0. The van der Waals surface area contributed by atoms with Gasteiger partial charge in [0.25, 0.3) is 5.91 Å². The summed E-state index contributed by atoms with van der Waals surface area (Å²) in [5.41, 5.74) is 1.69. The molecule has 0 radical (unpaired) electrons. The molecule has 1 aromatic heterocycles. The molecular weight excluding hydrogens is 308 g/mol. The lowest BCUT2D eigenvalue weighted by Crippen LogP contribution is -2.39. The molecule has 0 spiro atoms. The number of hydrazone groups is 1. The third kappa shape index (κ3) is 3.34. The molecule has 7 heteroatoms. The largest absolute Gasteiger partial charge is 0.361 e. The van der Waals surface area contributed by atoms with Gasteiger partial charge in [0.05, 0.1) is 12.2 Å². The van der Waals surface area contributed by atoms with Gasteiger partial charge in [-0.25, -0.2) is 5.01 Å². The van der Waals surface area contributed by atoms with Crippen LogP contribution in [-0.4, -0.2) is 34.6 Å². The van der Waals surface area contributed by atoms with Crippen molar-refractivity contribution >= 4 is 23.2 Å². The molecule has 0 unspecified atom stereocenters. The van der Waals surface area contributed by atoms with Gasteiger partial charge in [-0.1, -0.05) is 23.4 Å². The minimum atomic E-state index is -0.218. The summed E-state index contributed by atoms with van der Waals surface area (Å²) in [6.07, 6.45) is 0.597. The average molecular weight is 326 g/mol. The highest BCUT2D eigenvalue weighted by Gasteiger charge is 2.27. The van der Waals surface area contributed by atoms with Crippen molar-refractivity contribution in [1.82, 2.24) is 10.1 Å². The minimum absolute atomic E-state index is 0.118. The fourth-order valence-corrected chi connectivity index (χ4v) is 2.51. The second-order valence-electron chi connectivity index (χ2n) is 5.68. The van der Waals surface area contributed by atoms with E-state index in [0.717, 1.165) is 0 Å². The van der Waals surface area contributed by atoms with E-state index in [2.05, 4.69) is 10.3 Å². The predicted molar refractivity (Wildman–Crippen MR) is 88.3 cm³/mol. The minimum Gasteiger partial charge on any atom is -0.361 e. The maximum Gasteiger partial charge on any atom is 0.270 e. The molecule has 124 valence electrons. The van der Waals surface area contributed by atoms with E-state index in [9.17, 15) is 9.59 Å². The summed E-state index contributed by atoms with van der Waals surface area (Å²) in [6, 6.07) is 10.9. The Hall–Kier alpha value is -2.96. The molecule has 2 heterocycles. The lowest BCUT2D eigenvalue weighted by atomic mass is 10.1. The molecule has 2 amide bonds. The van der Waals surface area contributed by atoms with Gasteiger partial charge in [0, 0.05) is 26.0 Å². The highest BCUT2D eigenvalue weighted by Crippen LogP contribution is 2.20. The standard InChI is InChI=1S/C17H18N4O3/c1-12-10-13(19-24-12)11-20(2)17(23)15-8-9-16(22)21(18-15)14-6-4-3-5-7-14/h3-7,10H,8-9,11H2,1-2H3. The molecule has 3 rings (SSSR count). The third-order valence-electron chi connectivity index (χ3n) is 3.70. The fourth-order valence-electron chi connectivity index (χ4n) is 2.51. The number of aryl methyl sites for hydroxylation is 1. The van der Waals surface area contributed by atoms with Crippen LogP contribution in [0, 0.1) is 6.92 Å². The number of hydrogen-bond acceptors (Lipinski definition) is 5. The first kappa shape index (κ1) is 15.9. The number of rotatable bonds is 4. The molecule has 24 heavy (non-hydrogen) atoms. The Morgan fingerprint density at radius 1 is 1.29 bits per heavy atom. The molecule has 0 saturated carbocycles. The fraction of sp³-hybridized carbons (Fsp3) is 0.294. The zero-order chi connectivity index (χ0) is 17.1. The van der Waals surface area contributed by atoms with E-state index in [0.29, 0.717) is 35.8 Å². The van der Waals surface area contributed by atoms with Crippen LogP contribution in [0.25, 0.3) is 0 Å². The van der Waals surface area contributed by atoms with Gasteiger partial charge >= 0.3 is 0 Å². The Morgan fingerprint density at radius 2 is 2.04 bits per heavy atom. The van der Waals surface area contributed by atoms with Crippen molar-refractivity contribution in [2.24, 2.45) is 5.10 Å². The topological polar surface area (TPSA) is 79.0 Å². The van der Waals surface area contributed by atoms with Crippen LogP contribution in [0.4, 0.5) is 5.69 Å². The van der Waals surface area contributed by atoms with Crippen LogP contribution in [0.15, 0.2) is 46.0 Å². The van der Waals surface area contributed by atoms with E-state index in [-0.39, 0.29) is 18.2 Å². The molecule has 0 fully saturated rings. The Bertz CT molecular complexity index is 782. The number of carbonyl (C=O) groups excluding carboxylic acids is 2. The zero-order valence-corrected chi connectivity index (χ0v) is 13.6. The summed E-state index contributed by atoms with van der Waals surface area (Å²) in [7, 11) is 1.68. The first-order chi connectivity index (χ1) is 11.5. The van der Waals surface area contributed by atoms with Crippen molar-refractivity contribution in [3.63, 3.8) is 0 Å². The molecule has 0 N–H and O–H groups in total. The van der Waals surface area contributed by atoms with Crippen LogP contribution < -0.4 is 5.01 Å². The molecule has 1 aromatic carbocycles. The first-order valence-electron chi connectivity index (χ1n) is 7.68. The smallest absolute Gasteiger partial charge is 0.270 e. The van der Waals surface area contributed by atoms with Crippen molar-refractivity contribution in [3.05, 3.63) is 47.9 Å². The molecular formula is C17H18N4O3. The second kappa shape index (κ2) is 6.66. The number of nitrogens with zero attached hydrogens (tertiary/aromatic N) is 4. The van der Waals surface area contributed by atoms with Crippen LogP contribution in [0.2, 0.25) is 0 Å². The molecule has 0 saturated heterocycles. The summed E-state index contributed by atoms with van der Waals surface area (Å²) < 4.78 is 5.01. The number of benzene rings is 1. The number of carbonyl (C=O) groups is 2. The van der Waals surface area contributed by atoms with Crippen molar-refractivity contribution in [2.75, 3.05) is 12.1 Å². The first-order valence-corrected chi connectivity index (χ1v) is 7.68. The van der Waals surface area contributed by atoms with E-state index in [4.69, 9.17) is 4.52 Å². The van der Waals surface area contributed by atoms with Crippen molar-refractivity contribution in [3.8, 4) is 0 Å². The van der Waals surface area contributed by atoms with Gasteiger partial charge in [-0.3, -0.25) is 9.59 Å². The van der Waals surface area contributed by atoms with E-state index in [1.54, 1.807) is 32.2 Å². The number of anilines is 1. The second-order valence-corrected chi connectivity index (χ2v) is 5.68. The number of amides is 2. The highest BCUT2D eigenvalue weighted by atomic mass is 16.5. The Balaban J connectivity index is 1.77. The SMILES string of the molecule is Cc1cc(CN(C)C(=O)C2=NN(c3ccccc3)C(=O)CC2)no1. The van der Waals surface area contributed by atoms with Crippen molar-refractivity contribution < 1.29 is 14.1 Å². The lowest BCUT2D eigenvalue weighted by molar-refractivity contribution is -0.123. The monoisotopic (exact) mass is 326 g/mol. The van der Waals surface area contributed by atoms with Gasteiger partial charge in [-0.05, 0) is 19.1 Å². The van der Waals surface area contributed by atoms with Gasteiger partial charge in [-0.2, -0.15) is 5.10 Å². The van der Waals surface area contributed by atoms with Crippen LogP contribution in [0.3, 0.4) is 0 Å². The summed E-state index contributed by atoms with van der Waals surface area (Å²) >= 11 is 0. The summed E-state index contributed by atoms with van der Waals surface area (Å²) in [5, 5.41) is 9.45. The van der Waals surface area contributed by atoms with Crippen molar-refractivity contribution in [2.45, 2.75) is 26.3 Å². The van der Waals surface area contributed by atoms with Gasteiger partial charge in [-0.15, -0.1) is 0 Å². The Labute approximate surface area is 139 Å². The highest BCUT2D eigenvalue weighted by molar-refractivity contribution is 6.40. The lowest BCUT2D eigenvalue weighted by Gasteiger charge is -2.25. The van der Waals surface area contributed by atoms with Gasteiger partial charge < -0.3 is 9.42 Å². The molecule has 1 aliphatic heterocycles. The average Bonchev–Trinajstić information content (AvgIpc) is 3.00. The van der Waals surface area contributed by atoms with E-state index in [1.807, 2.05) is 18.2 Å². The van der Waals surface area contributed by atoms with Crippen LogP contribution in [0.1, 0.15) is 24.3 Å². The third-order valence-corrected chi connectivity index (χ3v) is 3.70. The van der Waals surface area contributed by atoms with Crippen LogP contribution >= 0.6 is 0 Å². The quantitative estimate of drug-likeness (QED) is 0.862. The normalized spacial score (nSPS) is 14.5. The van der Waals surface area contributed by atoms with Gasteiger partial charge in [0.15, 0.2) is 0 Å². The maximum atomic E-state index is 12.6. The summed E-state index contributed by atoms with van der Waals surface area (Å²) in [4.78, 5) is 26.2. The molecule has 0 aliphatic carbocycles. The molecule has 1 aliphatic rings. The maximum absolute atomic E-state index is 12.6. The number of para-hydroxylation sites is 1. The molecule has 0 atom stereocenters. The number of aromatic nitrogens is 1. The zero-order valence-electron chi connectivity index (χ0n) is 13.6. The Kier molecular flexibility index (Phi) is 4.41. The summed E-state index contributed by atoms with van der Waals surface area (Å²) in [6.45, 7) is 2.13. The van der Waals surface area contributed by atoms with Crippen LogP contribution in [0.5, 0.6) is 0 Å². The summed E-state index contributed by atoms with van der Waals surface area (Å²) in [5.74, 6) is 0.360. The van der Waals surface area contributed by atoms with E-state index >= 15 is 0 Å². The molecule has 7 nitrogen and oxygen atoms in total. The van der Waals surface area contributed by atoms with Crippen molar-refractivity contribution in [1.29, 1.82) is 0 Å².